The van der Waals surface area contributed by atoms with E-state index in [1.165, 1.54) is 6.20 Å². The van der Waals surface area contributed by atoms with Crippen LogP contribution in [0.1, 0.15) is 31.7 Å². The zero-order valence-corrected chi connectivity index (χ0v) is 8.20. The molecular formula is C11H14FNO. The van der Waals surface area contributed by atoms with Crippen LogP contribution in [0.5, 0.6) is 0 Å². The average Bonchev–Trinajstić information content (AvgIpc) is 2.00. The predicted molar refractivity (Wildman–Crippen MR) is 51.1 cm³/mol. The number of halogens is 1. The number of aromatic nitrogens is 1. The minimum absolute atomic E-state index is 0.194. The summed E-state index contributed by atoms with van der Waals surface area (Å²) in [6.07, 6.45) is 5.77. The highest BCUT2D eigenvalue weighted by atomic mass is 19.1. The molecule has 0 saturated heterocycles. The Morgan fingerprint density at radius 2 is 2.29 bits per heavy atom. The van der Waals surface area contributed by atoms with Gasteiger partial charge in [0.15, 0.2) is 0 Å². The van der Waals surface area contributed by atoms with Crippen LogP contribution in [0.25, 0.3) is 0 Å². The fraction of sp³-hybridized carbons (Fsp3) is 0.545. The summed E-state index contributed by atoms with van der Waals surface area (Å²) in [5.41, 5.74) is -0.664. The van der Waals surface area contributed by atoms with E-state index in [2.05, 4.69) is 4.98 Å². The molecule has 3 heteroatoms. The van der Waals surface area contributed by atoms with Crippen molar-refractivity contribution in [3.63, 3.8) is 0 Å². The first-order valence-electron chi connectivity index (χ1n) is 4.94. The van der Waals surface area contributed by atoms with Crippen molar-refractivity contribution in [3.05, 3.63) is 29.8 Å². The topological polar surface area (TPSA) is 33.1 Å². The molecule has 2 nitrogen and oxygen atoms in total. The first kappa shape index (κ1) is 9.59. The van der Waals surface area contributed by atoms with E-state index in [4.69, 9.17) is 0 Å². The van der Waals surface area contributed by atoms with Crippen LogP contribution in [0.2, 0.25) is 0 Å². The number of nitrogens with zero attached hydrogens (tertiary/aromatic N) is 1. The lowest BCUT2D eigenvalue weighted by Crippen LogP contribution is -2.37. The van der Waals surface area contributed by atoms with E-state index in [-0.39, 0.29) is 5.92 Å². The maximum atomic E-state index is 13.4. The van der Waals surface area contributed by atoms with E-state index >= 15 is 0 Å². The molecule has 0 radical (unpaired) electrons. The Labute approximate surface area is 82.8 Å². The Morgan fingerprint density at radius 3 is 2.79 bits per heavy atom. The summed E-state index contributed by atoms with van der Waals surface area (Å²) in [6, 6.07) is 1.56. The molecule has 1 saturated carbocycles. The van der Waals surface area contributed by atoms with Crippen LogP contribution in [-0.4, -0.2) is 10.1 Å². The molecule has 0 bridgehead atoms. The lowest BCUT2D eigenvalue weighted by Gasteiger charge is -2.39. The van der Waals surface area contributed by atoms with E-state index in [1.54, 1.807) is 13.0 Å². The molecule has 1 fully saturated rings. The van der Waals surface area contributed by atoms with Gasteiger partial charge in [0.25, 0.3) is 0 Å². The first-order valence-corrected chi connectivity index (χ1v) is 4.94. The molecule has 1 aromatic heterocycles. The maximum Gasteiger partial charge on any atom is 0.147 e. The molecule has 0 aromatic carbocycles. The number of aliphatic hydroxyl groups is 1. The van der Waals surface area contributed by atoms with Crippen molar-refractivity contribution in [2.45, 2.75) is 31.8 Å². The molecule has 14 heavy (non-hydrogen) atoms. The summed E-state index contributed by atoms with van der Waals surface area (Å²) in [7, 11) is 0. The third-order valence-corrected chi connectivity index (χ3v) is 3.22. The van der Waals surface area contributed by atoms with Crippen molar-refractivity contribution < 1.29 is 9.50 Å². The fourth-order valence-corrected chi connectivity index (χ4v) is 1.98. The van der Waals surface area contributed by atoms with Gasteiger partial charge in [-0.15, -0.1) is 0 Å². The molecule has 0 aliphatic heterocycles. The highest BCUT2D eigenvalue weighted by Crippen LogP contribution is 2.42. The molecule has 1 N–H and O–H groups in total. The monoisotopic (exact) mass is 195 g/mol. The van der Waals surface area contributed by atoms with E-state index in [0.29, 0.717) is 5.56 Å². The number of pyridine rings is 1. The average molecular weight is 195 g/mol. The van der Waals surface area contributed by atoms with Crippen LogP contribution in [0.4, 0.5) is 4.39 Å². The van der Waals surface area contributed by atoms with E-state index in [0.717, 1.165) is 25.5 Å². The van der Waals surface area contributed by atoms with Gasteiger partial charge in [0.2, 0.25) is 0 Å². The van der Waals surface area contributed by atoms with Crippen LogP contribution in [0.15, 0.2) is 18.5 Å². The molecule has 1 aliphatic rings. The molecular weight excluding hydrogens is 181 g/mol. The number of rotatable bonds is 2. The fourth-order valence-electron chi connectivity index (χ4n) is 1.98. The molecule has 1 aromatic rings. The Hall–Kier alpha value is -0.960. The Kier molecular flexibility index (Phi) is 2.27. The van der Waals surface area contributed by atoms with Gasteiger partial charge in [-0.1, -0.05) is 6.42 Å². The molecule has 76 valence electrons. The highest BCUT2D eigenvalue weighted by molar-refractivity contribution is 5.22. The smallest absolute Gasteiger partial charge is 0.147 e. The van der Waals surface area contributed by atoms with Crippen molar-refractivity contribution in [3.8, 4) is 0 Å². The van der Waals surface area contributed by atoms with Crippen molar-refractivity contribution in [2.24, 2.45) is 5.92 Å². The third kappa shape index (κ3) is 1.42. The molecule has 1 atom stereocenters. The van der Waals surface area contributed by atoms with E-state index < -0.39 is 11.4 Å². The molecule has 0 amide bonds. The Morgan fingerprint density at radius 1 is 1.57 bits per heavy atom. The summed E-state index contributed by atoms with van der Waals surface area (Å²) in [6.45, 7) is 1.69. The SMILES string of the molecule is CC(O)(c1ccncc1F)C1CCC1. The third-order valence-electron chi connectivity index (χ3n) is 3.22. The van der Waals surface area contributed by atoms with Crippen molar-refractivity contribution in [1.82, 2.24) is 4.98 Å². The van der Waals surface area contributed by atoms with Gasteiger partial charge in [0.1, 0.15) is 5.82 Å². The summed E-state index contributed by atoms with van der Waals surface area (Å²) < 4.78 is 13.4. The largest absolute Gasteiger partial charge is 0.385 e. The number of hydrogen-bond donors (Lipinski definition) is 1. The Balaban J connectivity index is 2.32. The van der Waals surface area contributed by atoms with Crippen LogP contribution < -0.4 is 0 Å². The second kappa shape index (κ2) is 3.31. The molecule has 1 unspecified atom stereocenters. The van der Waals surface area contributed by atoms with Crippen LogP contribution in [-0.2, 0) is 5.60 Å². The Bertz CT molecular complexity index is 334. The normalized spacial score (nSPS) is 21.4. The molecule has 0 spiro atoms. The van der Waals surface area contributed by atoms with Crippen LogP contribution in [0.3, 0.4) is 0 Å². The lowest BCUT2D eigenvalue weighted by molar-refractivity contribution is -0.0425. The zero-order valence-electron chi connectivity index (χ0n) is 8.20. The van der Waals surface area contributed by atoms with Crippen LogP contribution >= 0.6 is 0 Å². The summed E-state index contributed by atoms with van der Waals surface area (Å²) >= 11 is 0. The molecule has 1 heterocycles. The molecule has 2 rings (SSSR count). The summed E-state index contributed by atoms with van der Waals surface area (Å²) in [4.78, 5) is 3.68. The predicted octanol–water partition coefficient (Wildman–Crippen LogP) is 2.23. The second-order valence-corrected chi connectivity index (χ2v) is 4.13. The highest BCUT2D eigenvalue weighted by Gasteiger charge is 2.39. The second-order valence-electron chi connectivity index (χ2n) is 4.13. The number of hydrogen-bond acceptors (Lipinski definition) is 2. The summed E-state index contributed by atoms with van der Waals surface area (Å²) in [5.74, 6) is -0.219. The van der Waals surface area contributed by atoms with E-state index in [9.17, 15) is 9.50 Å². The minimum atomic E-state index is -1.04. The lowest BCUT2D eigenvalue weighted by atomic mass is 9.71. The van der Waals surface area contributed by atoms with Gasteiger partial charge in [-0.2, -0.15) is 0 Å². The first-order chi connectivity index (χ1) is 6.62. The summed E-state index contributed by atoms with van der Waals surface area (Å²) in [5, 5.41) is 10.2. The van der Waals surface area contributed by atoms with Gasteiger partial charge in [-0.05, 0) is 31.7 Å². The maximum absolute atomic E-state index is 13.4. The van der Waals surface area contributed by atoms with Crippen molar-refractivity contribution >= 4 is 0 Å². The zero-order chi connectivity index (χ0) is 10.2. The van der Waals surface area contributed by atoms with Gasteiger partial charge < -0.3 is 5.11 Å². The van der Waals surface area contributed by atoms with Gasteiger partial charge in [0, 0.05) is 11.8 Å². The van der Waals surface area contributed by atoms with Crippen molar-refractivity contribution in [2.75, 3.05) is 0 Å². The molecule has 1 aliphatic carbocycles. The minimum Gasteiger partial charge on any atom is -0.385 e. The van der Waals surface area contributed by atoms with E-state index in [1.807, 2.05) is 0 Å². The van der Waals surface area contributed by atoms with Gasteiger partial charge in [0.05, 0.1) is 11.8 Å². The van der Waals surface area contributed by atoms with Gasteiger partial charge >= 0.3 is 0 Å². The standard InChI is InChI=1S/C11H14FNO/c1-11(14,8-3-2-4-8)9-5-6-13-7-10(9)12/h5-8,14H,2-4H2,1H3. The quantitative estimate of drug-likeness (QED) is 0.785. The van der Waals surface area contributed by atoms with Crippen molar-refractivity contribution in [1.29, 1.82) is 0 Å². The van der Waals surface area contributed by atoms with Gasteiger partial charge in [-0.3, -0.25) is 4.98 Å². The van der Waals surface area contributed by atoms with Crippen LogP contribution in [0, 0.1) is 11.7 Å². The van der Waals surface area contributed by atoms with Gasteiger partial charge in [-0.25, -0.2) is 4.39 Å².